The van der Waals surface area contributed by atoms with Crippen molar-refractivity contribution in [3.63, 3.8) is 0 Å². The first-order chi connectivity index (χ1) is 7.77. The van der Waals surface area contributed by atoms with Gasteiger partial charge in [-0.1, -0.05) is 0 Å². The minimum atomic E-state index is -0.421. The third-order valence-electron chi connectivity index (χ3n) is 3.82. The van der Waals surface area contributed by atoms with Gasteiger partial charge in [0.2, 0.25) is 5.91 Å². The van der Waals surface area contributed by atoms with E-state index >= 15 is 0 Å². The first-order valence-corrected chi connectivity index (χ1v) is 6.24. The van der Waals surface area contributed by atoms with Crippen LogP contribution in [-0.2, 0) is 9.53 Å². The molecule has 1 saturated carbocycles. The molecule has 4 nitrogen and oxygen atoms in total. The largest absolute Gasteiger partial charge is 0.395 e. The molecule has 1 saturated heterocycles. The third-order valence-corrected chi connectivity index (χ3v) is 3.82. The quantitative estimate of drug-likeness (QED) is 0.726. The van der Waals surface area contributed by atoms with Crippen molar-refractivity contribution < 1.29 is 14.6 Å². The number of carbonyl (C=O) groups is 1. The standard InChI is InChI=1S/C12H21NO3/c14-9-12(4-5-12)11(15)13-6-1-10-2-7-16-8-3-10/h10,14H,1-9H2,(H,13,15). The van der Waals surface area contributed by atoms with Crippen molar-refractivity contribution in [1.29, 1.82) is 0 Å². The molecule has 1 heterocycles. The van der Waals surface area contributed by atoms with E-state index in [2.05, 4.69) is 5.32 Å². The van der Waals surface area contributed by atoms with Crippen molar-refractivity contribution in [3.05, 3.63) is 0 Å². The van der Waals surface area contributed by atoms with Gasteiger partial charge in [-0.05, 0) is 38.0 Å². The molecule has 16 heavy (non-hydrogen) atoms. The minimum absolute atomic E-state index is 0.00387. The molecule has 0 unspecified atom stereocenters. The Morgan fingerprint density at radius 2 is 2.06 bits per heavy atom. The van der Waals surface area contributed by atoms with Gasteiger partial charge >= 0.3 is 0 Å². The zero-order valence-electron chi connectivity index (χ0n) is 9.71. The van der Waals surface area contributed by atoms with Gasteiger partial charge in [-0.3, -0.25) is 4.79 Å². The van der Waals surface area contributed by atoms with Gasteiger partial charge in [0.25, 0.3) is 0 Å². The Hall–Kier alpha value is -0.610. The van der Waals surface area contributed by atoms with Crippen LogP contribution in [0.25, 0.3) is 0 Å². The Morgan fingerprint density at radius 1 is 1.38 bits per heavy atom. The Kier molecular flexibility index (Phi) is 3.82. The predicted octanol–water partition coefficient (Wildman–Crippen LogP) is 0.692. The molecular formula is C12H21NO3. The van der Waals surface area contributed by atoms with E-state index < -0.39 is 5.41 Å². The lowest BCUT2D eigenvalue weighted by Gasteiger charge is -2.22. The minimum Gasteiger partial charge on any atom is -0.395 e. The fraction of sp³-hybridized carbons (Fsp3) is 0.917. The van der Waals surface area contributed by atoms with Gasteiger partial charge in [0.05, 0.1) is 12.0 Å². The van der Waals surface area contributed by atoms with E-state index in [0.717, 1.165) is 51.9 Å². The summed E-state index contributed by atoms with van der Waals surface area (Å²) in [4.78, 5) is 11.7. The van der Waals surface area contributed by atoms with Crippen LogP contribution >= 0.6 is 0 Å². The highest BCUT2D eigenvalue weighted by molar-refractivity contribution is 5.85. The van der Waals surface area contributed by atoms with E-state index in [1.807, 2.05) is 0 Å². The Morgan fingerprint density at radius 3 is 2.62 bits per heavy atom. The number of nitrogens with one attached hydrogen (secondary N) is 1. The molecule has 92 valence electrons. The Labute approximate surface area is 96.4 Å². The van der Waals surface area contributed by atoms with Crippen molar-refractivity contribution in [2.75, 3.05) is 26.4 Å². The molecule has 0 aromatic heterocycles. The number of ether oxygens (including phenoxy) is 1. The van der Waals surface area contributed by atoms with Gasteiger partial charge in [0.15, 0.2) is 0 Å². The number of hydrogen-bond donors (Lipinski definition) is 2. The van der Waals surface area contributed by atoms with Crippen LogP contribution in [0.1, 0.15) is 32.1 Å². The molecule has 4 heteroatoms. The maximum atomic E-state index is 11.7. The van der Waals surface area contributed by atoms with Crippen LogP contribution in [0.2, 0.25) is 0 Å². The highest BCUT2D eigenvalue weighted by Crippen LogP contribution is 2.45. The van der Waals surface area contributed by atoms with E-state index in [4.69, 9.17) is 9.84 Å². The third kappa shape index (κ3) is 2.74. The first-order valence-electron chi connectivity index (χ1n) is 6.24. The van der Waals surface area contributed by atoms with Gasteiger partial charge in [-0.25, -0.2) is 0 Å². The second-order valence-corrected chi connectivity index (χ2v) is 5.04. The summed E-state index contributed by atoms with van der Waals surface area (Å²) in [6, 6.07) is 0. The molecule has 1 aliphatic carbocycles. The summed E-state index contributed by atoms with van der Waals surface area (Å²) in [6.07, 6.45) is 4.94. The zero-order valence-corrected chi connectivity index (χ0v) is 9.71. The SMILES string of the molecule is O=C(NCCC1CCOCC1)C1(CO)CC1. The molecule has 0 bridgehead atoms. The average Bonchev–Trinajstić information content (AvgIpc) is 3.11. The molecule has 0 radical (unpaired) electrons. The highest BCUT2D eigenvalue weighted by Gasteiger charge is 2.49. The van der Waals surface area contributed by atoms with Crippen LogP contribution in [0.4, 0.5) is 0 Å². The lowest BCUT2D eigenvalue weighted by molar-refractivity contribution is -0.127. The second kappa shape index (κ2) is 5.15. The molecule has 0 spiro atoms. The summed E-state index contributed by atoms with van der Waals surface area (Å²) in [5, 5.41) is 12.0. The van der Waals surface area contributed by atoms with Crippen LogP contribution in [0, 0.1) is 11.3 Å². The molecular weight excluding hydrogens is 206 g/mol. The smallest absolute Gasteiger partial charge is 0.228 e. The van der Waals surface area contributed by atoms with Crippen molar-refractivity contribution in [3.8, 4) is 0 Å². The summed E-state index contributed by atoms with van der Waals surface area (Å²) >= 11 is 0. The number of amides is 1. The lowest BCUT2D eigenvalue weighted by Crippen LogP contribution is -2.35. The summed E-state index contributed by atoms with van der Waals surface area (Å²) in [5.74, 6) is 0.736. The van der Waals surface area contributed by atoms with Gasteiger partial charge in [-0.2, -0.15) is 0 Å². The second-order valence-electron chi connectivity index (χ2n) is 5.04. The van der Waals surface area contributed by atoms with Crippen molar-refractivity contribution >= 4 is 5.91 Å². The summed E-state index contributed by atoms with van der Waals surface area (Å²) in [7, 11) is 0. The fourth-order valence-corrected chi connectivity index (χ4v) is 2.22. The number of rotatable bonds is 5. The van der Waals surface area contributed by atoms with E-state index in [9.17, 15) is 4.79 Å². The van der Waals surface area contributed by atoms with E-state index in [0.29, 0.717) is 5.92 Å². The number of aliphatic hydroxyl groups is 1. The molecule has 1 amide bonds. The average molecular weight is 227 g/mol. The Balaban J connectivity index is 1.62. The van der Waals surface area contributed by atoms with Gasteiger partial charge < -0.3 is 15.2 Å². The number of carbonyl (C=O) groups excluding carboxylic acids is 1. The predicted molar refractivity (Wildman–Crippen MR) is 59.9 cm³/mol. The van der Waals surface area contributed by atoms with Gasteiger partial charge in [0, 0.05) is 19.8 Å². The summed E-state index contributed by atoms with van der Waals surface area (Å²) in [5.41, 5.74) is -0.421. The topological polar surface area (TPSA) is 58.6 Å². The van der Waals surface area contributed by atoms with Crippen molar-refractivity contribution in [2.45, 2.75) is 32.1 Å². The summed E-state index contributed by atoms with van der Waals surface area (Å²) < 4.78 is 5.29. The van der Waals surface area contributed by atoms with Crippen LogP contribution < -0.4 is 5.32 Å². The maximum Gasteiger partial charge on any atom is 0.228 e. The lowest BCUT2D eigenvalue weighted by atomic mass is 9.96. The molecule has 2 rings (SSSR count). The molecule has 0 aromatic carbocycles. The van der Waals surface area contributed by atoms with Crippen LogP contribution in [0.5, 0.6) is 0 Å². The van der Waals surface area contributed by atoms with E-state index in [1.165, 1.54) is 0 Å². The number of aliphatic hydroxyl groups excluding tert-OH is 1. The molecule has 2 aliphatic rings. The summed E-state index contributed by atoms with van der Waals surface area (Å²) in [6.45, 7) is 2.46. The normalized spacial score (nSPS) is 24.1. The molecule has 2 N–H and O–H groups in total. The van der Waals surface area contributed by atoms with Crippen molar-refractivity contribution in [1.82, 2.24) is 5.32 Å². The molecule has 0 aromatic rings. The van der Waals surface area contributed by atoms with Gasteiger partial charge in [0.1, 0.15) is 0 Å². The van der Waals surface area contributed by atoms with E-state index in [1.54, 1.807) is 0 Å². The van der Waals surface area contributed by atoms with E-state index in [-0.39, 0.29) is 12.5 Å². The zero-order chi connectivity index (χ0) is 11.4. The molecule has 2 fully saturated rings. The van der Waals surface area contributed by atoms with Crippen LogP contribution in [0.15, 0.2) is 0 Å². The van der Waals surface area contributed by atoms with Crippen molar-refractivity contribution in [2.24, 2.45) is 11.3 Å². The monoisotopic (exact) mass is 227 g/mol. The first kappa shape index (κ1) is 11.9. The number of hydrogen-bond acceptors (Lipinski definition) is 3. The molecule has 0 atom stereocenters. The molecule has 1 aliphatic heterocycles. The Bertz CT molecular complexity index is 245. The highest BCUT2D eigenvalue weighted by atomic mass is 16.5. The van der Waals surface area contributed by atoms with Gasteiger partial charge in [-0.15, -0.1) is 0 Å². The fourth-order valence-electron chi connectivity index (χ4n) is 2.22. The van der Waals surface area contributed by atoms with Crippen LogP contribution in [0.3, 0.4) is 0 Å². The van der Waals surface area contributed by atoms with Crippen LogP contribution in [-0.4, -0.2) is 37.4 Å². The maximum absolute atomic E-state index is 11.7.